The van der Waals surface area contributed by atoms with Crippen molar-refractivity contribution in [2.45, 2.75) is 31.7 Å². The minimum atomic E-state index is -0.110. The van der Waals surface area contributed by atoms with Gasteiger partial charge in [-0.2, -0.15) is 5.06 Å². The molecule has 17 heavy (non-hydrogen) atoms. The molecular formula is C12H18N2O3. The Kier molecular flexibility index (Phi) is 2.48. The maximum Gasteiger partial charge on any atom is 0.219 e. The van der Waals surface area contributed by atoms with E-state index in [4.69, 9.17) is 4.84 Å². The number of hydrogen-bond acceptors (Lipinski definition) is 4. The third-order valence-electron chi connectivity index (χ3n) is 4.57. The average Bonchev–Trinajstić information content (AvgIpc) is 2.52. The van der Waals surface area contributed by atoms with E-state index in [1.54, 1.807) is 6.92 Å². The number of ketones is 1. The number of hydroxylamine groups is 2. The fourth-order valence-electron chi connectivity index (χ4n) is 3.49. The van der Waals surface area contributed by atoms with Gasteiger partial charge in [0.05, 0.1) is 18.1 Å². The minimum Gasteiger partial charge on any atom is -0.343 e. The zero-order valence-corrected chi connectivity index (χ0v) is 10.1. The highest BCUT2D eigenvalue weighted by Crippen LogP contribution is 2.44. The first-order valence-electron chi connectivity index (χ1n) is 6.32. The normalized spacial score (nSPS) is 35.4. The molecule has 3 fully saturated rings. The molecule has 94 valence electrons. The summed E-state index contributed by atoms with van der Waals surface area (Å²) in [6.07, 6.45) is 2.34. The number of carbonyl (C=O) groups excluding carboxylic acids is 2. The SMILES string of the molecule is CC(=O)N1CCC2(CC1)C1CON2CCC1=O. The molecule has 0 saturated carbocycles. The second-order valence-corrected chi connectivity index (χ2v) is 5.28. The number of rotatable bonds is 0. The number of Topliss-reactive ketones (excluding diaryl/α,β-unsaturated/α-hetero) is 1. The molecule has 0 aromatic heterocycles. The summed E-state index contributed by atoms with van der Waals surface area (Å²) in [7, 11) is 0. The van der Waals surface area contributed by atoms with Crippen molar-refractivity contribution in [3.63, 3.8) is 0 Å². The highest BCUT2D eigenvalue weighted by atomic mass is 16.7. The zero-order chi connectivity index (χ0) is 12.0. The van der Waals surface area contributed by atoms with Gasteiger partial charge in [0.2, 0.25) is 5.91 Å². The van der Waals surface area contributed by atoms with Crippen molar-refractivity contribution < 1.29 is 14.4 Å². The molecule has 2 atom stereocenters. The summed E-state index contributed by atoms with van der Waals surface area (Å²) in [5.74, 6) is 0.505. The minimum absolute atomic E-state index is 0.0327. The Balaban J connectivity index is 1.80. The maximum absolute atomic E-state index is 12.0. The molecule has 5 heteroatoms. The van der Waals surface area contributed by atoms with E-state index in [0.717, 1.165) is 32.5 Å². The van der Waals surface area contributed by atoms with E-state index in [1.165, 1.54) is 0 Å². The van der Waals surface area contributed by atoms with E-state index in [9.17, 15) is 9.59 Å². The first-order chi connectivity index (χ1) is 8.13. The van der Waals surface area contributed by atoms with Crippen LogP contribution < -0.4 is 0 Å². The van der Waals surface area contributed by atoms with Gasteiger partial charge in [0, 0.05) is 33.0 Å². The van der Waals surface area contributed by atoms with Crippen LogP contribution in [0.3, 0.4) is 0 Å². The maximum atomic E-state index is 12.0. The second-order valence-electron chi connectivity index (χ2n) is 5.28. The largest absolute Gasteiger partial charge is 0.343 e. The van der Waals surface area contributed by atoms with E-state index in [1.807, 2.05) is 9.96 Å². The molecular weight excluding hydrogens is 220 g/mol. The molecule has 5 nitrogen and oxygen atoms in total. The standard InChI is InChI=1S/C12H18N2O3/c1-9(15)13-6-3-12(4-7-13)10-8-17-14(12)5-2-11(10)16/h10H,2-8H2,1H3. The fourth-order valence-corrected chi connectivity index (χ4v) is 3.49. The van der Waals surface area contributed by atoms with Crippen molar-refractivity contribution >= 4 is 11.7 Å². The van der Waals surface area contributed by atoms with E-state index in [0.29, 0.717) is 18.8 Å². The first kappa shape index (κ1) is 11.2. The Morgan fingerprint density at radius 1 is 1.35 bits per heavy atom. The molecule has 0 radical (unpaired) electrons. The number of nitrogens with zero attached hydrogens (tertiary/aromatic N) is 2. The lowest BCUT2D eigenvalue weighted by molar-refractivity contribution is -0.185. The number of likely N-dealkylation sites (tertiary alicyclic amines) is 1. The van der Waals surface area contributed by atoms with Gasteiger partial charge in [0.25, 0.3) is 0 Å². The van der Waals surface area contributed by atoms with Crippen LogP contribution in [0.25, 0.3) is 0 Å². The highest BCUT2D eigenvalue weighted by Gasteiger charge is 2.56. The summed E-state index contributed by atoms with van der Waals surface area (Å²) in [5.41, 5.74) is -0.110. The van der Waals surface area contributed by atoms with Gasteiger partial charge in [-0.05, 0) is 12.8 Å². The van der Waals surface area contributed by atoms with Crippen LogP contribution in [0.1, 0.15) is 26.2 Å². The lowest BCUT2D eigenvalue weighted by Crippen LogP contribution is -2.60. The van der Waals surface area contributed by atoms with Crippen molar-refractivity contribution in [1.82, 2.24) is 9.96 Å². The lowest BCUT2D eigenvalue weighted by Gasteiger charge is -2.47. The topological polar surface area (TPSA) is 49.9 Å². The van der Waals surface area contributed by atoms with Gasteiger partial charge in [0.1, 0.15) is 5.78 Å². The molecule has 2 unspecified atom stereocenters. The van der Waals surface area contributed by atoms with Gasteiger partial charge >= 0.3 is 0 Å². The zero-order valence-electron chi connectivity index (χ0n) is 10.1. The Labute approximate surface area is 101 Å². The third-order valence-corrected chi connectivity index (χ3v) is 4.57. The molecule has 0 aliphatic carbocycles. The van der Waals surface area contributed by atoms with Crippen molar-refractivity contribution in [2.75, 3.05) is 26.2 Å². The molecule has 3 aliphatic rings. The third kappa shape index (κ3) is 1.52. The highest BCUT2D eigenvalue weighted by molar-refractivity contribution is 5.84. The Morgan fingerprint density at radius 3 is 2.71 bits per heavy atom. The Hall–Kier alpha value is -0.940. The van der Waals surface area contributed by atoms with E-state index < -0.39 is 0 Å². The van der Waals surface area contributed by atoms with Crippen molar-refractivity contribution in [1.29, 1.82) is 0 Å². The van der Waals surface area contributed by atoms with Gasteiger partial charge in [-0.15, -0.1) is 0 Å². The van der Waals surface area contributed by atoms with Gasteiger partial charge in [-0.3, -0.25) is 14.4 Å². The van der Waals surface area contributed by atoms with Crippen LogP contribution >= 0.6 is 0 Å². The Morgan fingerprint density at radius 2 is 2.06 bits per heavy atom. The molecule has 0 N–H and O–H groups in total. The van der Waals surface area contributed by atoms with Crippen LogP contribution in [-0.2, 0) is 14.4 Å². The van der Waals surface area contributed by atoms with Gasteiger partial charge in [0.15, 0.2) is 0 Å². The molecule has 3 aliphatic heterocycles. The van der Waals surface area contributed by atoms with Crippen LogP contribution in [0.5, 0.6) is 0 Å². The number of piperidine rings is 2. The molecule has 3 heterocycles. The van der Waals surface area contributed by atoms with Crippen molar-refractivity contribution in [2.24, 2.45) is 5.92 Å². The van der Waals surface area contributed by atoms with Gasteiger partial charge in [-0.25, -0.2) is 0 Å². The molecule has 1 amide bonds. The van der Waals surface area contributed by atoms with E-state index in [2.05, 4.69) is 0 Å². The summed E-state index contributed by atoms with van der Waals surface area (Å²) in [6, 6.07) is 0. The van der Waals surface area contributed by atoms with Crippen LogP contribution in [0.2, 0.25) is 0 Å². The van der Waals surface area contributed by atoms with Crippen LogP contribution in [0.15, 0.2) is 0 Å². The number of carbonyl (C=O) groups is 2. The lowest BCUT2D eigenvalue weighted by atomic mass is 9.72. The Bertz CT molecular complexity index is 361. The molecule has 3 rings (SSSR count). The average molecular weight is 238 g/mol. The molecule has 0 aromatic carbocycles. The van der Waals surface area contributed by atoms with E-state index >= 15 is 0 Å². The van der Waals surface area contributed by atoms with Crippen LogP contribution in [0.4, 0.5) is 0 Å². The van der Waals surface area contributed by atoms with Gasteiger partial charge in [-0.1, -0.05) is 0 Å². The molecule has 2 bridgehead atoms. The number of amides is 1. The summed E-state index contributed by atoms with van der Waals surface area (Å²) >= 11 is 0. The first-order valence-corrected chi connectivity index (χ1v) is 6.32. The smallest absolute Gasteiger partial charge is 0.219 e. The summed E-state index contributed by atoms with van der Waals surface area (Å²) in [6.45, 7) is 4.36. The number of hydrogen-bond donors (Lipinski definition) is 0. The fraction of sp³-hybridized carbons (Fsp3) is 0.833. The molecule has 1 spiro atoms. The van der Waals surface area contributed by atoms with E-state index in [-0.39, 0.29) is 17.4 Å². The predicted octanol–water partition coefficient (Wildman–Crippen LogP) is 0.204. The van der Waals surface area contributed by atoms with Gasteiger partial charge < -0.3 is 4.90 Å². The predicted molar refractivity (Wildman–Crippen MR) is 60.0 cm³/mol. The summed E-state index contributed by atoms with van der Waals surface area (Å²) in [4.78, 5) is 30.8. The summed E-state index contributed by atoms with van der Waals surface area (Å²) in [5, 5.41) is 2.02. The van der Waals surface area contributed by atoms with Crippen molar-refractivity contribution in [3.8, 4) is 0 Å². The molecule has 0 aromatic rings. The second kappa shape index (κ2) is 3.78. The summed E-state index contributed by atoms with van der Waals surface area (Å²) < 4.78 is 0. The van der Waals surface area contributed by atoms with Crippen LogP contribution in [-0.4, -0.2) is 53.4 Å². The quantitative estimate of drug-likeness (QED) is 0.605. The molecule has 3 saturated heterocycles. The monoisotopic (exact) mass is 238 g/mol. The van der Waals surface area contributed by atoms with Crippen molar-refractivity contribution in [3.05, 3.63) is 0 Å². The van der Waals surface area contributed by atoms with Crippen LogP contribution in [0, 0.1) is 5.92 Å².